The SMILES string of the molecule is COC(=O)c1ccc(C(=O)N2CCC3(CCN(CCC(c4ccccc4)c4ccccc4)CC3)C2)cc1.Cl. The molecule has 3 aromatic rings. The maximum absolute atomic E-state index is 13.1. The lowest BCUT2D eigenvalue weighted by atomic mass is 9.77. The van der Waals surface area contributed by atoms with Gasteiger partial charge in [0.1, 0.15) is 0 Å². The number of nitrogens with zero attached hydrogens (tertiary/aromatic N) is 2. The molecule has 6 heteroatoms. The van der Waals surface area contributed by atoms with Crippen molar-refractivity contribution in [2.45, 2.75) is 31.6 Å². The Bertz CT molecular complexity index is 1150. The van der Waals surface area contributed by atoms with E-state index in [2.05, 4.69) is 65.6 Å². The molecular weight excluding hydrogens is 496 g/mol. The van der Waals surface area contributed by atoms with Crippen molar-refractivity contribution in [1.82, 2.24) is 9.80 Å². The second kappa shape index (κ2) is 12.6. The lowest BCUT2D eigenvalue weighted by Crippen LogP contribution is -2.42. The average Bonchev–Trinajstić information content (AvgIpc) is 3.38. The van der Waals surface area contributed by atoms with Crippen molar-refractivity contribution < 1.29 is 14.3 Å². The second-order valence-corrected chi connectivity index (χ2v) is 10.5. The molecule has 200 valence electrons. The zero-order valence-electron chi connectivity index (χ0n) is 22.1. The van der Waals surface area contributed by atoms with Crippen molar-refractivity contribution in [1.29, 1.82) is 0 Å². The van der Waals surface area contributed by atoms with Gasteiger partial charge >= 0.3 is 5.97 Å². The Kier molecular flexibility index (Phi) is 9.24. The summed E-state index contributed by atoms with van der Waals surface area (Å²) in [5, 5.41) is 0. The Morgan fingerprint density at radius 1 is 0.789 bits per heavy atom. The summed E-state index contributed by atoms with van der Waals surface area (Å²) in [6.07, 6.45) is 4.45. The largest absolute Gasteiger partial charge is 0.465 e. The fourth-order valence-corrected chi connectivity index (χ4v) is 6.03. The quantitative estimate of drug-likeness (QED) is 0.348. The molecule has 0 radical (unpaired) electrons. The molecule has 2 saturated heterocycles. The molecule has 5 nitrogen and oxygen atoms in total. The van der Waals surface area contributed by atoms with Crippen LogP contribution >= 0.6 is 12.4 Å². The molecule has 2 heterocycles. The van der Waals surface area contributed by atoms with E-state index in [1.54, 1.807) is 24.3 Å². The summed E-state index contributed by atoms with van der Waals surface area (Å²) in [5.41, 5.74) is 4.09. The summed E-state index contributed by atoms with van der Waals surface area (Å²) in [5.74, 6) is 0.0810. The minimum Gasteiger partial charge on any atom is -0.465 e. The number of likely N-dealkylation sites (tertiary alicyclic amines) is 2. The van der Waals surface area contributed by atoms with Gasteiger partial charge in [-0.15, -0.1) is 12.4 Å². The maximum Gasteiger partial charge on any atom is 0.337 e. The molecule has 3 aromatic carbocycles. The molecule has 0 aliphatic carbocycles. The molecule has 0 saturated carbocycles. The fraction of sp³-hybridized carbons (Fsp3) is 0.375. The smallest absolute Gasteiger partial charge is 0.337 e. The first-order chi connectivity index (χ1) is 18.1. The molecule has 38 heavy (non-hydrogen) atoms. The lowest BCUT2D eigenvalue weighted by Gasteiger charge is -2.39. The minimum atomic E-state index is -0.384. The first-order valence-electron chi connectivity index (χ1n) is 13.4. The number of halogens is 1. The third-order valence-corrected chi connectivity index (χ3v) is 8.33. The van der Waals surface area contributed by atoms with E-state index in [1.807, 2.05) is 4.90 Å². The van der Waals surface area contributed by atoms with E-state index in [1.165, 1.54) is 18.2 Å². The van der Waals surface area contributed by atoms with Crippen LogP contribution in [-0.4, -0.2) is 61.5 Å². The van der Waals surface area contributed by atoms with E-state index < -0.39 is 0 Å². The van der Waals surface area contributed by atoms with Crippen LogP contribution in [0, 0.1) is 5.41 Å². The van der Waals surface area contributed by atoms with Gasteiger partial charge < -0.3 is 14.5 Å². The summed E-state index contributed by atoms with van der Waals surface area (Å²) in [6.45, 7) is 4.90. The van der Waals surface area contributed by atoms with E-state index in [-0.39, 0.29) is 29.7 Å². The van der Waals surface area contributed by atoms with Crippen LogP contribution in [0.25, 0.3) is 0 Å². The van der Waals surface area contributed by atoms with Crippen LogP contribution < -0.4 is 0 Å². The highest BCUT2D eigenvalue weighted by Crippen LogP contribution is 2.41. The molecular formula is C32H37ClN2O3. The summed E-state index contributed by atoms with van der Waals surface area (Å²) in [6, 6.07) is 28.5. The van der Waals surface area contributed by atoms with Gasteiger partial charge in [-0.25, -0.2) is 4.79 Å². The van der Waals surface area contributed by atoms with Crippen LogP contribution in [0.1, 0.15) is 63.4 Å². The number of ether oxygens (including phenoxy) is 1. The van der Waals surface area contributed by atoms with Crippen molar-refractivity contribution in [3.8, 4) is 0 Å². The number of esters is 1. The highest BCUT2D eigenvalue weighted by atomic mass is 35.5. The molecule has 1 amide bonds. The number of carbonyl (C=O) groups excluding carboxylic acids is 2. The monoisotopic (exact) mass is 532 g/mol. The number of piperidine rings is 1. The molecule has 0 aromatic heterocycles. The molecule has 2 aliphatic rings. The van der Waals surface area contributed by atoms with Crippen molar-refractivity contribution in [3.05, 3.63) is 107 Å². The molecule has 0 bridgehead atoms. The molecule has 1 spiro atoms. The molecule has 0 atom stereocenters. The molecule has 5 rings (SSSR count). The third kappa shape index (κ3) is 6.28. The van der Waals surface area contributed by atoms with Crippen LogP contribution in [0.5, 0.6) is 0 Å². The lowest BCUT2D eigenvalue weighted by molar-refractivity contribution is 0.0599. The van der Waals surface area contributed by atoms with Crippen molar-refractivity contribution in [3.63, 3.8) is 0 Å². The van der Waals surface area contributed by atoms with E-state index in [9.17, 15) is 9.59 Å². The van der Waals surface area contributed by atoms with Gasteiger partial charge in [0.25, 0.3) is 5.91 Å². The van der Waals surface area contributed by atoms with Gasteiger partial charge in [0.2, 0.25) is 0 Å². The Hall–Kier alpha value is -3.15. The zero-order valence-corrected chi connectivity index (χ0v) is 22.9. The summed E-state index contributed by atoms with van der Waals surface area (Å²) in [7, 11) is 1.36. The topological polar surface area (TPSA) is 49.9 Å². The Morgan fingerprint density at radius 2 is 1.32 bits per heavy atom. The van der Waals surface area contributed by atoms with E-state index >= 15 is 0 Å². The maximum atomic E-state index is 13.1. The van der Waals surface area contributed by atoms with E-state index in [0.717, 1.165) is 58.4 Å². The van der Waals surface area contributed by atoms with E-state index in [0.29, 0.717) is 17.0 Å². The minimum absolute atomic E-state index is 0. The van der Waals surface area contributed by atoms with Gasteiger partial charge in [0.05, 0.1) is 12.7 Å². The number of benzene rings is 3. The second-order valence-electron chi connectivity index (χ2n) is 10.5. The Morgan fingerprint density at radius 3 is 1.87 bits per heavy atom. The number of amides is 1. The van der Waals surface area contributed by atoms with Crippen molar-refractivity contribution >= 4 is 24.3 Å². The van der Waals surface area contributed by atoms with Gasteiger partial charge in [-0.2, -0.15) is 0 Å². The Labute approximate surface area is 232 Å². The predicted molar refractivity (Wildman–Crippen MR) is 153 cm³/mol. The summed E-state index contributed by atoms with van der Waals surface area (Å²) < 4.78 is 4.76. The van der Waals surface area contributed by atoms with Gasteiger partial charge in [-0.3, -0.25) is 4.79 Å². The first kappa shape index (κ1) is 27.9. The van der Waals surface area contributed by atoms with Crippen LogP contribution in [0.2, 0.25) is 0 Å². The zero-order chi connectivity index (χ0) is 25.7. The number of carbonyl (C=O) groups is 2. The predicted octanol–water partition coefficient (Wildman–Crippen LogP) is 6.05. The van der Waals surface area contributed by atoms with Gasteiger partial charge in [0, 0.05) is 24.6 Å². The van der Waals surface area contributed by atoms with Crippen LogP contribution in [0.3, 0.4) is 0 Å². The molecule has 0 unspecified atom stereocenters. The highest BCUT2D eigenvalue weighted by Gasteiger charge is 2.42. The van der Waals surface area contributed by atoms with Gasteiger partial charge in [-0.1, -0.05) is 60.7 Å². The van der Waals surface area contributed by atoms with Crippen molar-refractivity contribution in [2.75, 3.05) is 39.8 Å². The van der Waals surface area contributed by atoms with Crippen molar-refractivity contribution in [2.24, 2.45) is 5.41 Å². The normalized spacial score (nSPS) is 16.8. The number of hydrogen-bond acceptors (Lipinski definition) is 4. The first-order valence-corrected chi connectivity index (χ1v) is 13.4. The van der Waals surface area contributed by atoms with E-state index in [4.69, 9.17) is 4.74 Å². The standard InChI is InChI=1S/C32H36N2O3.ClH/c1-37-31(36)28-14-12-27(13-15-28)30(35)34-23-19-32(24-34)17-21-33(22-18-32)20-16-29(25-8-4-2-5-9-25)26-10-6-3-7-11-26;/h2-15,29H,16-24H2,1H3;1H. The fourth-order valence-electron chi connectivity index (χ4n) is 6.03. The summed E-state index contributed by atoms with van der Waals surface area (Å²) >= 11 is 0. The Balaban J connectivity index is 0.00000336. The number of rotatable bonds is 7. The number of methoxy groups -OCH3 is 1. The third-order valence-electron chi connectivity index (χ3n) is 8.33. The molecule has 0 N–H and O–H groups in total. The average molecular weight is 533 g/mol. The number of hydrogen-bond donors (Lipinski definition) is 0. The van der Waals surface area contributed by atoms with Crippen LogP contribution in [0.4, 0.5) is 0 Å². The van der Waals surface area contributed by atoms with Crippen LogP contribution in [-0.2, 0) is 4.74 Å². The molecule has 2 aliphatic heterocycles. The van der Waals surface area contributed by atoms with Crippen LogP contribution in [0.15, 0.2) is 84.9 Å². The molecule has 2 fully saturated rings. The van der Waals surface area contributed by atoms with Gasteiger partial charge in [-0.05, 0) is 86.1 Å². The van der Waals surface area contributed by atoms with Gasteiger partial charge in [0.15, 0.2) is 0 Å². The highest BCUT2D eigenvalue weighted by molar-refractivity contribution is 5.96. The summed E-state index contributed by atoms with van der Waals surface area (Å²) in [4.78, 5) is 29.4.